The maximum absolute atomic E-state index is 13.0. The van der Waals surface area contributed by atoms with Crippen molar-refractivity contribution in [2.45, 2.75) is 25.3 Å². The number of hydrogen-bond donors (Lipinski definition) is 1. The van der Waals surface area contributed by atoms with Crippen molar-refractivity contribution in [1.29, 1.82) is 0 Å². The third-order valence-electron chi connectivity index (χ3n) is 5.42. The molecule has 8 heteroatoms. The van der Waals surface area contributed by atoms with Gasteiger partial charge in [-0.15, -0.1) is 11.3 Å². The molecule has 6 nitrogen and oxygen atoms in total. The first-order valence-corrected chi connectivity index (χ1v) is 13.0. The molecule has 0 radical (unpaired) electrons. The minimum absolute atomic E-state index is 0.204. The van der Waals surface area contributed by atoms with E-state index < -0.39 is 10.0 Å². The number of sulfonamides is 1. The molecule has 4 aromatic rings. The summed E-state index contributed by atoms with van der Waals surface area (Å²) >= 11 is 1.55. The average Bonchev–Trinajstić information content (AvgIpc) is 3.27. The van der Waals surface area contributed by atoms with Gasteiger partial charge >= 0.3 is 0 Å². The molecule has 1 amide bonds. The normalized spacial score (nSPS) is 11.7. The number of carbonyl (C=O) groups excluding carboxylic acids is 1. The maximum Gasteiger partial charge on any atom is 0.252 e. The Morgan fingerprint density at radius 2 is 1.61 bits per heavy atom. The first-order valence-electron chi connectivity index (χ1n) is 10.8. The van der Waals surface area contributed by atoms with E-state index in [1.54, 1.807) is 41.7 Å². The molecule has 33 heavy (non-hydrogen) atoms. The predicted molar refractivity (Wildman–Crippen MR) is 133 cm³/mol. The third kappa shape index (κ3) is 4.83. The van der Waals surface area contributed by atoms with Crippen molar-refractivity contribution in [1.82, 2.24) is 14.6 Å². The van der Waals surface area contributed by atoms with Crippen molar-refractivity contribution in [2.75, 3.05) is 13.1 Å². The molecule has 4 rings (SSSR count). The molecule has 170 valence electrons. The van der Waals surface area contributed by atoms with Gasteiger partial charge in [0.05, 0.1) is 15.1 Å². The Kier molecular flexibility index (Phi) is 6.88. The average molecular weight is 480 g/mol. The van der Waals surface area contributed by atoms with Crippen LogP contribution in [0.5, 0.6) is 0 Å². The van der Waals surface area contributed by atoms with Crippen LogP contribution in [-0.4, -0.2) is 36.7 Å². The summed E-state index contributed by atoms with van der Waals surface area (Å²) in [6, 6.07) is 22.0. The van der Waals surface area contributed by atoms with E-state index in [1.165, 1.54) is 4.31 Å². The largest absolute Gasteiger partial charge is 0.348 e. The second-order valence-corrected chi connectivity index (χ2v) is 10.4. The lowest BCUT2D eigenvalue weighted by molar-refractivity contribution is 0.0951. The van der Waals surface area contributed by atoms with Crippen molar-refractivity contribution in [3.63, 3.8) is 0 Å². The van der Waals surface area contributed by atoms with E-state index >= 15 is 0 Å². The molecule has 1 aromatic heterocycles. The minimum atomic E-state index is -3.50. The number of nitrogens with one attached hydrogen (secondary N) is 1. The van der Waals surface area contributed by atoms with E-state index in [0.717, 1.165) is 26.4 Å². The lowest BCUT2D eigenvalue weighted by Gasteiger charge is -2.18. The number of fused-ring (bicyclic) bond motifs is 1. The van der Waals surface area contributed by atoms with E-state index in [1.807, 2.05) is 56.3 Å². The zero-order chi connectivity index (χ0) is 23.4. The van der Waals surface area contributed by atoms with Crippen molar-refractivity contribution >= 4 is 37.5 Å². The van der Waals surface area contributed by atoms with Crippen LogP contribution in [0.25, 0.3) is 20.8 Å². The highest BCUT2D eigenvalue weighted by Gasteiger charge is 2.21. The highest BCUT2D eigenvalue weighted by Crippen LogP contribution is 2.32. The summed E-state index contributed by atoms with van der Waals surface area (Å²) in [6.45, 7) is 4.77. The Morgan fingerprint density at radius 3 is 2.30 bits per heavy atom. The maximum atomic E-state index is 13.0. The fourth-order valence-corrected chi connectivity index (χ4v) is 6.09. The van der Waals surface area contributed by atoms with Gasteiger partial charge in [0, 0.05) is 30.8 Å². The summed E-state index contributed by atoms with van der Waals surface area (Å²) in [5.41, 5.74) is 3.07. The molecule has 0 unspecified atom stereocenters. The molecule has 3 aromatic carbocycles. The van der Waals surface area contributed by atoms with Gasteiger partial charge < -0.3 is 5.32 Å². The van der Waals surface area contributed by atoms with Crippen LogP contribution in [0.15, 0.2) is 77.7 Å². The molecule has 0 aliphatic heterocycles. The standard InChI is InChI=1S/C25H25N3O3S2/c1-3-28(4-2)33(30,31)19-15-13-18(14-16-19)17-26-24(29)20-9-5-6-10-21(20)25-27-22-11-7-8-12-23(22)32-25/h5-16H,3-4,17H2,1-2H3,(H,26,29). The first kappa shape index (κ1) is 23.1. The van der Waals surface area contributed by atoms with E-state index in [9.17, 15) is 13.2 Å². The zero-order valence-electron chi connectivity index (χ0n) is 18.5. The van der Waals surface area contributed by atoms with Crippen molar-refractivity contribution < 1.29 is 13.2 Å². The monoisotopic (exact) mass is 479 g/mol. The third-order valence-corrected chi connectivity index (χ3v) is 8.55. The molecule has 1 heterocycles. The van der Waals surface area contributed by atoms with Gasteiger partial charge in [0.15, 0.2) is 0 Å². The van der Waals surface area contributed by atoms with Gasteiger partial charge in [-0.05, 0) is 35.9 Å². The lowest BCUT2D eigenvalue weighted by atomic mass is 10.1. The quantitative estimate of drug-likeness (QED) is 0.389. The van der Waals surface area contributed by atoms with Gasteiger partial charge in [-0.25, -0.2) is 13.4 Å². The van der Waals surface area contributed by atoms with Crippen LogP contribution in [0, 0.1) is 0 Å². The van der Waals surface area contributed by atoms with Crippen LogP contribution in [0.1, 0.15) is 29.8 Å². The summed E-state index contributed by atoms with van der Waals surface area (Å²) in [5, 5.41) is 3.74. The van der Waals surface area contributed by atoms with Gasteiger partial charge in [0.2, 0.25) is 10.0 Å². The Hall–Kier alpha value is -3.07. The Morgan fingerprint density at radius 1 is 0.939 bits per heavy atom. The van der Waals surface area contributed by atoms with E-state index in [2.05, 4.69) is 10.3 Å². The SMILES string of the molecule is CCN(CC)S(=O)(=O)c1ccc(CNC(=O)c2ccccc2-c2nc3ccccc3s2)cc1. The van der Waals surface area contributed by atoms with Crippen molar-refractivity contribution in [2.24, 2.45) is 0 Å². The summed E-state index contributed by atoms with van der Waals surface area (Å²) in [6.07, 6.45) is 0. The molecule has 0 aliphatic rings. The van der Waals surface area contributed by atoms with Crippen LogP contribution in [0.2, 0.25) is 0 Å². The predicted octanol–water partition coefficient (Wildman–Crippen LogP) is 4.92. The Labute approximate surface area is 198 Å². The molecule has 1 N–H and O–H groups in total. The Bertz CT molecular complexity index is 1340. The van der Waals surface area contributed by atoms with Crippen molar-refractivity contribution in [3.8, 4) is 10.6 Å². The molecule has 0 saturated heterocycles. The summed E-state index contributed by atoms with van der Waals surface area (Å²) in [7, 11) is -3.50. The number of para-hydroxylation sites is 1. The number of amides is 1. The number of nitrogens with zero attached hydrogens (tertiary/aromatic N) is 2. The molecule has 0 atom stereocenters. The summed E-state index contributed by atoms with van der Waals surface area (Å²) in [4.78, 5) is 17.9. The molecule has 0 bridgehead atoms. The fourth-order valence-electron chi connectivity index (χ4n) is 3.62. The number of benzene rings is 3. The molecule has 0 saturated carbocycles. The van der Waals surface area contributed by atoms with E-state index in [4.69, 9.17) is 0 Å². The topological polar surface area (TPSA) is 79.4 Å². The van der Waals surface area contributed by atoms with Gasteiger partial charge in [-0.1, -0.05) is 56.3 Å². The lowest BCUT2D eigenvalue weighted by Crippen LogP contribution is -2.30. The van der Waals surface area contributed by atoms with Crippen LogP contribution >= 0.6 is 11.3 Å². The second kappa shape index (κ2) is 9.82. The number of rotatable bonds is 8. The number of hydrogen-bond acceptors (Lipinski definition) is 5. The molecular formula is C25H25N3O3S2. The minimum Gasteiger partial charge on any atom is -0.348 e. The number of thiazole rings is 1. The fraction of sp³-hybridized carbons (Fsp3) is 0.200. The van der Waals surface area contributed by atoms with Crippen LogP contribution in [-0.2, 0) is 16.6 Å². The van der Waals surface area contributed by atoms with Gasteiger partial charge in [-0.3, -0.25) is 4.79 Å². The zero-order valence-corrected chi connectivity index (χ0v) is 20.1. The van der Waals surface area contributed by atoms with E-state index in [0.29, 0.717) is 25.2 Å². The van der Waals surface area contributed by atoms with E-state index in [-0.39, 0.29) is 10.8 Å². The molecule has 0 spiro atoms. The number of carbonyl (C=O) groups is 1. The van der Waals surface area contributed by atoms with Gasteiger partial charge in [0.25, 0.3) is 5.91 Å². The van der Waals surface area contributed by atoms with Crippen LogP contribution in [0.3, 0.4) is 0 Å². The van der Waals surface area contributed by atoms with Crippen LogP contribution < -0.4 is 5.32 Å². The van der Waals surface area contributed by atoms with Gasteiger partial charge in [0.1, 0.15) is 5.01 Å². The second-order valence-electron chi connectivity index (χ2n) is 7.45. The van der Waals surface area contributed by atoms with Crippen molar-refractivity contribution in [3.05, 3.63) is 83.9 Å². The summed E-state index contributed by atoms with van der Waals surface area (Å²) < 4.78 is 27.8. The number of aromatic nitrogens is 1. The first-order chi connectivity index (χ1) is 15.9. The van der Waals surface area contributed by atoms with Crippen LogP contribution in [0.4, 0.5) is 0 Å². The Balaban J connectivity index is 1.50. The highest BCUT2D eigenvalue weighted by molar-refractivity contribution is 7.89. The molecular weight excluding hydrogens is 454 g/mol. The highest BCUT2D eigenvalue weighted by atomic mass is 32.2. The smallest absolute Gasteiger partial charge is 0.252 e. The van der Waals surface area contributed by atoms with Gasteiger partial charge in [-0.2, -0.15) is 4.31 Å². The molecule has 0 fully saturated rings. The molecule has 0 aliphatic carbocycles. The summed E-state index contributed by atoms with van der Waals surface area (Å²) in [5.74, 6) is -0.204.